The predicted octanol–water partition coefficient (Wildman–Crippen LogP) is 2.48. The second-order valence-electron chi connectivity index (χ2n) is 5.04. The van der Waals surface area contributed by atoms with Gasteiger partial charge in [0.05, 0.1) is 18.6 Å². The summed E-state index contributed by atoms with van der Waals surface area (Å²) < 4.78 is 6.88. The van der Waals surface area contributed by atoms with E-state index in [0.717, 1.165) is 10.6 Å². The first-order chi connectivity index (χ1) is 12.1. The largest absolute Gasteiger partial charge is 0.494 e. The first-order valence-electron chi connectivity index (χ1n) is 7.37. The maximum absolute atomic E-state index is 12.1. The molecule has 10 heteroatoms. The van der Waals surface area contributed by atoms with Gasteiger partial charge < -0.3 is 10.1 Å². The molecule has 0 fully saturated rings. The number of benzene rings is 1. The minimum atomic E-state index is -0.159. The van der Waals surface area contributed by atoms with E-state index in [9.17, 15) is 4.79 Å². The lowest BCUT2D eigenvalue weighted by molar-refractivity contribution is -0.113. The lowest BCUT2D eigenvalue weighted by atomic mass is 10.3. The highest BCUT2D eigenvalue weighted by molar-refractivity contribution is 7.99. The summed E-state index contributed by atoms with van der Waals surface area (Å²) in [6, 6.07) is 7.41. The number of carbonyl (C=O) groups excluding carboxylic acids is 1. The molecule has 3 aromatic rings. The molecule has 0 aliphatic heterocycles. The van der Waals surface area contributed by atoms with Gasteiger partial charge in [-0.05, 0) is 36.4 Å². The van der Waals surface area contributed by atoms with Crippen LogP contribution in [0.25, 0.3) is 5.69 Å². The number of para-hydroxylation sites is 2. The normalized spacial score (nSPS) is 10.7. The molecule has 1 aromatic carbocycles. The van der Waals surface area contributed by atoms with Crippen molar-refractivity contribution in [1.29, 1.82) is 0 Å². The lowest BCUT2D eigenvalue weighted by Gasteiger charge is -2.08. The van der Waals surface area contributed by atoms with Crippen LogP contribution < -0.4 is 10.1 Å². The minimum Gasteiger partial charge on any atom is -0.494 e. The van der Waals surface area contributed by atoms with Gasteiger partial charge in [0.25, 0.3) is 0 Å². The van der Waals surface area contributed by atoms with Crippen LogP contribution in [0.5, 0.6) is 5.75 Å². The summed E-state index contributed by atoms with van der Waals surface area (Å²) in [5, 5.41) is 15.6. The van der Waals surface area contributed by atoms with E-state index in [1.165, 1.54) is 23.1 Å². The van der Waals surface area contributed by atoms with E-state index in [4.69, 9.17) is 4.74 Å². The summed E-state index contributed by atoms with van der Waals surface area (Å²) in [5.41, 5.74) is 1.64. The van der Waals surface area contributed by atoms with Gasteiger partial charge in [-0.2, -0.15) is 4.68 Å². The monoisotopic (exact) mass is 376 g/mol. The Labute approximate surface area is 152 Å². The number of aromatic nitrogens is 5. The highest BCUT2D eigenvalue weighted by Crippen LogP contribution is 2.26. The fourth-order valence-electron chi connectivity index (χ4n) is 2.04. The van der Waals surface area contributed by atoms with Crippen LogP contribution in [0.1, 0.15) is 10.6 Å². The van der Waals surface area contributed by atoms with Crippen molar-refractivity contribution in [1.82, 2.24) is 25.2 Å². The molecule has 0 saturated carbocycles. The highest BCUT2D eigenvalue weighted by Gasteiger charge is 2.15. The Balaban J connectivity index is 1.68. The van der Waals surface area contributed by atoms with Crippen LogP contribution in [0, 0.1) is 13.8 Å². The van der Waals surface area contributed by atoms with E-state index in [1.807, 2.05) is 38.1 Å². The van der Waals surface area contributed by atoms with Gasteiger partial charge in [-0.3, -0.25) is 4.79 Å². The standard InChI is InChI=1S/C15H16N6O2S2/c1-9-10(2)25-14(16-9)17-13(22)8-24-15-18-19-20-21(15)11-6-4-5-7-12(11)23-3/h4-7H,8H2,1-3H3,(H,16,17,22). The molecule has 0 radical (unpaired) electrons. The van der Waals surface area contributed by atoms with Crippen LogP contribution >= 0.6 is 23.1 Å². The molecule has 0 spiro atoms. The number of hydrogen-bond donors (Lipinski definition) is 1. The zero-order valence-electron chi connectivity index (χ0n) is 13.9. The molecule has 1 N–H and O–H groups in total. The maximum atomic E-state index is 12.1. The third-order valence-corrected chi connectivity index (χ3v) is 5.27. The second kappa shape index (κ2) is 7.62. The van der Waals surface area contributed by atoms with Crippen molar-refractivity contribution in [2.45, 2.75) is 19.0 Å². The van der Waals surface area contributed by atoms with Gasteiger partial charge >= 0.3 is 0 Å². The Morgan fingerprint density at radius 2 is 2.16 bits per heavy atom. The Morgan fingerprint density at radius 3 is 2.88 bits per heavy atom. The Bertz CT molecular complexity index is 872. The van der Waals surface area contributed by atoms with Gasteiger partial charge in [0.2, 0.25) is 11.1 Å². The van der Waals surface area contributed by atoms with E-state index in [0.29, 0.717) is 21.7 Å². The number of carbonyl (C=O) groups is 1. The minimum absolute atomic E-state index is 0.159. The molecule has 0 aliphatic rings. The fraction of sp³-hybridized carbons (Fsp3) is 0.267. The molecule has 0 bridgehead atoms. The van der Waals surface area contributed by atoms with E-state index < -0.39 is 0 Å². The molecular weight excluding hydrogens is 360 g/mol. The number of thioether (sulfide) groups is 1. The molecule has 0 atom stereocenters. The quantitative estimate of drug-likeness (QED) is 0.660. The van der Waals surface area contributed by atoms with Gasteiger partial charge in [-0.1, -0.05) is 23.9 Å². The topological polar surface area (TPSA) is 94.8 Å². The smallest absolute Gasteiger partial charge is 0.236 e. The van der Waals surface area contributed by atoms with Crippen LogP contribution in [-0.2, 0) is 4.79 Å². The SMILES string of the molecule is COc1ccccc1-n1nnnc1SCC(=O)Nc1nc(C)c(C)s1. The summed E-state index contributed by atoms with van der Waals surface area (Å²) in [6.45, 7) is 3.89. The van der Waals surface area contributed by atoms with Crippen molar-refractivity contribution in [2.75, 3.05) is 18.2 Å². The van der Waals surface area contributed by atoms with Crippen LogP contribution in [0.3, 0.4) is 0 Å². The Kier molecular flexibility index (Phi) is 5.29. The van der Waals surface area contributed by atoms with E-state index >= 15 is 0 Å². The molecule has 1 amide bonds. The predicted molar refractivity (Wildman–Crippen MR) is 96.6 cm³/mol. The van der Waals surface area contributed by atoms with Gasteiger partial charge in [0, 0.05) is 4.88 Å². The van der Waals surface area contributed by atoms with E-state index in [2.05, 4.69) is 25.8 Å². The first kappa shape index (κ1) is 17.4. The molecular formula is C15H16N6O2S2. The molecule has 2 aromatic heterocycles. The number of methoxy groups -OCH3 is 1. The fourth-order valence-corrected chi connectivity index (χ4v) is 3.55. The number of ether oxygens (including phenoxy) is 1. The number of nitrogens with zero attached hydrogens (tertiary/aromatic N) is 5. The molecule has 2 heterocycles. The number of tetrazole rings is 1. The van der Waals surface area contributed by atoms with Gasteiger partial charge in [0.15, 0.2) is 5.13 Å². The zero-order valence-corrected chi connectivity index (χ0v) is 15.5. The summed E-state index contributed by atoms with van der Waals surface area (Å²) in [5.74, 6) is 0.663. The maximum Gasteiger partial charge on any atom is 0.236 e. The first-order valence-corrected chi connectivity index (χ1v) is 9.17. The summed E-state index contributed by atoms with van der Waals surface area (Å²) in [6.07, 6.45) is 0. The van der Waals surface area contributed by atoms with Crippen LogP contribution in [0.2, 0.25) is 0 Å². The molecule has 3 rings (SSSR count). The van der Waals surface area contributed by atoms with Crippen LogP contribution in [-0.4, -0.2) is 44.0 Å². The van der Waals surface area contributed by atoms with E-state index in [1.54, 1.807) is 11.8 Å². The van der Waals surface area contributed by atoms with Gasteiger partial charge in [-0.15, -0.1) is 16.4 Å². The summed E-state index contributed by atoms with van der Waals surface area (Å²) in [7, 11) is 1.58. The molecule has 0 saturated heterocycles. The molecule has 0 unspecified atom stereocenters. The summed E-state index contributed by atoms with van der Waals surface area (Å²) in [4.78, 5) is 17.5. The average molecular weight is 376 g/mol. The number of aryl methyl sites for hydroxylation is 2. The van der Waals surface area contributed by atoms with Crippen molar-refractivity contribution in [3.63, 3.8) is 0 Å². The Morgan fingerprint density at radius 1 is 1.36 bits per heavy atom. The molecule has 0 aliphatic carbocycles. The van der Waals surface area contributed by atoms with E-state index in [-0.39, 0.29) is 11.7 Å². The second-order valence-corrected chi connectivity index (χ2v) is 7.19. The van der Waals surface area contributed by atoms with Crippen LogP contribution in [0.4, 0.5) is 5.13 Å². The molecule has 8 nitrogen and oxygen atoms in total. The highest BCUT2D eigenvalue weighted by atomic mass is 32.2. The molecule has 25 heavy (non-hydrogen) atoms. The zero-order chi connectivity index (χ0) is 17.8. The van der Waals surface area contributed by atoms with Crippen molar-refractivity contribution in [3.8, 4) is 11.4 Å². The summed E-state index contributed by atoms with van der Waals surface area (Å²) >= 11 is 2.70. The molecule has 130 valence electrons. The number of nitrogens with one attached hydrogen (secondary N) is 1. The van der Waals surface area contributed by atoms with Gasteiger partial charge in [0.1, 0.15) is 11.4 Å². The number of hydrogen-bond acceptors (Lipinski definition) is 8. The number of amides is 1. The number of anilines is 1. The van der Waals surface area contributed by atoms with Crippen molar-refractivity contribution in [2.24, 2.45) is 0 Å². The number of thiazole rings is 1. The lowest BCUT2D eigenvalue weighted by Crippen LogP contribution is -2.14. The Hall–Kier alpha value is -2.46. The van der Waals surface area contributed by atoms with Crippen molar-refractivity contribution >= 4 is 34.1 Å². The van der Waals surface area contributed by atoms with Gasteiger partial charge in [-0.25, -0.2) is 4.98 Å². The average Bonchev–Trinajstić information content (AvgIpc) is 3.19. The van der Waals surface area contributed by atoms with Crippen molar-refractivity contribution in [3.05, 3.63) is 34.8 Å². The third-order valence-electron chi connectivity index (χ3n) is 3.36. The third kappa shape index (κ3) is 3.97. The number of rotatable bonds is 6. The van der Waals surface area contributed by atoms with Crippen molar-refractivity contribution < 1.29 is 9.53 Å². The van der Waals surface area contributed by atoms with Crippen LogP contribution in [0.15, 0.2) is 29.4 Å².